The molecule has 2 aromatic rings. The van der Waals surface area contributed by atoms with E-state index in [-0.39, 0.29) is 22.8 Å². The zero-order valence-corrected chi connectivity index (χ0v) is 11.9. The van der Waals surface area contributed by atoms with Gasteiger partial charge in [-0.2, -0.15) is 0 Å². The van der Waals surface area contributed by atoms with Gasteiger partial charge in [0, 0.05) is 5.38 Å². The molecule has 0 aliphatic heterocycles. The van der Waals surface area contributed by atoms with E-state index in [1.807, 2.05) is 34.4 Å². The number of nitrogen functional groups attached to an aromatic ring is 1. The Hall–Kier alpha value is -0.720. The van der Waals surface area contributed by atoms with Crippen molar-refractivity contribution in [1.82, 2.24) is 0 Å². The number of anilines is 1. The molecule has 0 atom stereocenters. The normalized spacial score (nSPS) is 9.81. The van der Waals surface area contributed by atoms with Gasteiger partial charge in [-0.1, -0.05) is 17.4 Å². The number of carbonyl (C=O) groups excluding carboxylic acids is 1. The van der Waals surface area contributed by atoms with Crippen molar-refractivity contribution in [3.05, 3.63) is 33.5 Å². The van der Waals surface area contributed by atoms with Crippen LogP contribution in [0.3, 0.4) is 0 Å². The lowest BCUT2D eigenvalue weighted by Gasteiger charge is -1.98. The molecule has 16 heavy (non-hydrogen) atoms. The summed E-state index contributed by atoms with van der Waals surface area (Å²) in [6.07, 6.45) is 0. The third-order valence-corrected chi connectivity index (χ3v) is 3.97. The molecule has 2 aromatic heterocycles. The highest BCUT2D eigenvalue weighted by Gasteiger charge is 2.16. The van der Waals surface area contributed by atoms with Gasteiger partial charge in [-0.3, -0.25) is 10.5 Å². The lowest BCUT2D eigenvalue weighted by molar-refractivity contribution is -0.670. The van der Waals surface area contributed by atoms with Gasteiger partial charge in [0.2, 0.25) is 5.78 Å². The summed E-state index contributed by atoms with van der Waals surface area (Å²) in [4.78, 5) is 12.6. The van der Waals surface area contributed by atoms with E-state index in [0.29, 0.717) is 11.7 Å². The van der Waals surface area contributed by atoms with Gasteiger partial charge in [0.05, 0.1) is 4.88 Å². The van der Waals surface area contributed by atoms with Crippen LogP contribution in [0.25, 0.3) is 0 Å². The summed E-state index contributed by atoms with van der Waals surface area (Å²) >= 11 is 2.93. The number of halogens is 1. The summed E-state index contributed by atoms with van der Waals surface area (Å²) in [5, 5.41) is 4.54. The van der Waals surface area contributed by atoms with Crippen molar-refractivity contribution in [2.24, 2.45) is 0 Å². The maximum Gasteiger partial charge on any atom is 0.332 e. The Labute approximate surface area is 112 Å². The number of thiazole rings is 1. The summed E-state index contributed by atoms with van der Waals surface area (Å²) in [5.74, 6) is 0.114. The standard InChI is InChI=1S/C10H10N2OS2.BrH/c1-7-6-15-10(11)12(7)5-8(13)9-3-2-4-14-9;/h2-4,6,11H,5H2,1H3;1H. The Morgan fingerprint density at radius 2 is 2.25 bits per heavy atom. The van der Waals surface area contributed by atoms with Crippen LogP contribution in [0, 0.1) is 6.92 Å². The smallest absolute Gasteiger partial charge is 0.332 e. The predicted octanol–water partition coefficient (Wildman–Crippen LogP) is -1.13. The second-order valence-corrected chi connectivity index (χ2v) is 5.04. The minimum absolute atomic E-state index is 0. The van der Waals surface area contributed by atoms with Crippen molar-refractivity contribution < 1.29 is 26.3 Å². The number of hydrogen-bond acceptors (Lipinski definition) is 4. The van der Waals surface area contributed by atoms with Gasteiger partial charge in [0.15, 0.2) is 6.54 Å². The van der Waals surface area contributed by atoms with Gasteiger partial charge in [0.25, 0.3) is 0 Å². The summed E-state index contributed by atoms with van der Waals surface area (Å²) in [5.41, 5.74) is 6.81. The van der Waals surface area contributed by atoms with Crippen LogP contribution >= 0.6 is 22.7 Å². The molecular weight excluding hydrogens is 308 g/mol. The molecule has 0 spiro atoms. The van der Waals surface area contributed by atoms with Crippen LogP contribution in [0.5, 0.6) is 0 Å². The highest BCUT2D eigenvalue weighted by molar-refractivity contribution is 7.13. The highest BCUT2D eigenvalue weighted by atomic mass is 79.9. The number of Topliss-reactive ketones (excluding diaryl/α,β-unsaturated/α-hetero) is 1. The van der Waals surface area contributed by atoms with E-state index in [1.54, 1.807) is 0 Å². The van der Waals surface area contributed by atoms with Crippen LogP contribution < -0.4 is 27.3 Å². The Bertz CT molecular complexity index is 459. The minimum atomic E-state index is 0. The molecule has 2 rings (SSSR count). The maximum atomic E-state index is 11.8. The molecular formula is C10H11BrN2OS2. The largest absolute Gasteiger partial charge is 1.00 e. The van der Waals surface area contributed by atoms with Crippen molar-refractivity contribution in [2.75, 3.05) is 5.73 Å². The van der Waals surface area contributed by atoms with Gasteiger partial charge < -0.3 is 17.0 Å². The van der Waals surface area contributed by atoms with E-state index in [0.717, 1.165) is 10.6 Å². The molecule has 0 radical (unpaired) electrons. The molecule has 0 amide bonds. The number of aryl methyl sites for hydroxylation is 1. The first-order chi connectivity index (χ1) is 7.18. The number of aromatic nitrogens is 1. The van der Waals surface area contributed by atoms with E-state index >= 15 is 0 Å². The van der Waals surface area contributed by atoms with E-state index in [9.17, 15) is 4.79 Å². The Kier molecular flexibility index (Phi) is 4.64. The molecule has 0 aliphatic rings. The summed E-state index contributed by atoms with van der Waals surface area (Å²) < 4.78 is 1.84. The minimum Gasteiger partial charge on any atom is -1.00 e. The molecule has 2 heterocycles. The molecule has 0 fully saturated rings. The fourth-order valence-corrected chi connectivity index (χ4v) is 2.72. The number of ketones is 1. The van der Waals surface area contributed by atoms with E-state index < -0.39 is 0 Å². The van der Waals surface area contributed by atoms with E-state index in [4.69, 9.17) is 5.73 Å². The van der Waals surface area contributed by atoms with Crippen LogP contribution in [0.2, 0.25) is 0 Å². The molecule has 3 nitrogen and oxygen atoms in total. The van der Waals surface area contributed by atoms with Crippen LogP contribution in [0.1, 0.15) is 15.4 Å². The average molecular weight is 319 g/mol. The monoisotopic (exact) mass is 318 g/mol. The molecule has 0 saturated heterocycles. The number of thiophene rings is 1. The Morgan fingerprint density at radius 3 is 2.75 bits per heavy atom. The maximum absolute atomic E-state index is 11.8. The second-order valence-electron chi connectivity index (χ2n) is 3.20. The first-order valence-electron chi connectivity index (χ1n) is 4.48. The first-order valence-corrected chi connectivity index (χ1v) is 6.24. The molecule has 2 N–H and O–H groups in total. The number of nitrogens with zero attached hydrogens (tertiary/aromatic N) is 1. The number of hydrogen-bond donors (Lipinski definition) is 1. The van der Waals surface area contributed by atoms with Crippen molar-refractivity contribution in [3.8, 4) is 0 Å². The van der Waals surface area contributed by atoms with Crippen molar-refractivity contribution in [3.63, 3.8) is 0 Å². The molecule has 0 aromatic carbocycles. The molecule has 0 unspecified atom stereocenters. The quantitative estimate of drug-likeness (QED) is 0.575. The lowest BCUT2D eigenvalue weighted by Crippen LogP contribution is -3.00. The zero-order valence-electron chi connectivity index (χ0n) is 8.64. The lowest BCUT2D eigenvalue weighted by atomic mass is 10.3. The topological polar surface area (TPSA) is 47.0 Å². The van der Waals surface area contributed by atoms with Crippen molar-refractivity contribution in [2.45, 2.75) is 13.5 Å². The molecule has 86 valence electrons. The number of rotatable bonds is 3. The van der Waals surface area contributed by atoms with Gasteiger partial charge in [-0.15, -0.1) is 11.3 Å². The zero-order chi connectivity index (χ0) is 10.8. The van der Waals surface area contributed by atoms with Gasteiger partial charge in [-0.25, -0.2) is 4.57 Å². The highest BCUT2D eigenvalue weighted by Crippen LogP contribution is 2.12. The summed E-state index contributed by atoms with van der Waals surface area (Å²) in [6, 6.07) is 3.72. The predicted molar refractivity (Wildman–Crippen MR) is 62.3 cm³/mol. The second kappa shape index (κ2) is 5.56. The van der Waals surface area contributed by atoms with Gasteiger partial charge >= 0.3 is 5.13 Å². The van der Waals surface area contributed by atoms with Crippen LogP contribution in [0.4, 0.5) is 5.13 Å². The van der Waals surface area contributed by atoms with Gasteiger partial charge in [0.1, 0.15) is 5.69 Å². The van der Waals surface area contributed by atoms with E-state index in [2.05, 4.69) is 0 Å². The van der Waals surface area contributed by atoms with Crippen LogP contribution in [0.15, 0.2) is 22.9 Å². The fraction of sp³-hybridized carbons (Fsp3) is 0.200. The van der Waals surface area contributed by atoms with Gasteiger partial charge in [-0.05, 0) is 18.4 Å². The van der Waals surface area contributed by atoms with E-state index in [1.165, 1.54) is 22.7 Å². The molecule has 0 saturated carbocycles. The first kappa shape index (κ1) is 13.3. The Balaban J connectivity index is 0.00000128. The molecule has 0 aliphatic carbocycles. The third-order valence-electron chi connectivity index (χ3n) is 2.14. The number of carbonyl (C=O) groups is 1. The summed E-state index contributed by atoms with van der Waals surface area (Å²) in [7, 11) is 0. The summed E-state index contributed by atoms with van der Waals surface area (Å²) in [6.45, 7) is 2.29. The molecule has 0 bridgehead atoms. The van der Waals surface area contributed by atoms with Crippen molar-refractivity contribution in [1.29, 1.82) is 0 Å². The van der Waals surface area contributed by atoms with Crippen LogP contribution in [-0.2, 0) is 6.54 Å². The molecule has 6 heteroatoms. The fourth-order valence-electron chi connectivity index (χ4n) is 1.31. The third kappa shape index (κ3) is 2.69. The van der Waals surface area contributed by atoms with Crippen molar-refractivity contribution >= 4 is 33.6 Å². The van der Waals surface area contributed by atoms with Crippen LogP contribution in [-0.4, -0.2) is 5.78 Å². The average Bonchev–Trinajstić information content (AvgIpc) is 2.82. The number of nitrogens with two attached hydrogens (primary N) is 1. The Morgan fingerprint density at radius 1 is 1.50 bits per heavy atom. The SMILES string of the molecule is Cc1csc(N)[n+]1CC(=O)c1cccs1.[Br-].